The van der Waals surface area contributed by atoms with Gasteiger partial charge in [0.2, 0.25) is 0 Å². The number of carbonyl (C=O) groups is 1. The Morgan fingerprint density at radius 2 is 1.74 bits per heavy atom. The normalized spacial score (nSPS) is 12.1. The van der Waals surface area contributed by atoms with Crippen LogP contribution in [0.4, 0.5) is 13.2 Å². The first-order valence-electron chi connectivity index (χ1n) is 8.35. The van der Waals surface area contributed by atoms with Crippen LogP contribution in [0.25, 0.3) is 5.69 Å². The number of aromatic nitrogens is 2. The van der Waals surface area contributed by atoms with E-state index in [0.717, 1.165) is 22.5 Å². The lowest BCUT2D eigenvalue weighted by molar-refractivity contribution is 0.0935. The Morgan fingerprint density at radius 1 is 1.07 bits per heavy atom. The van der Waals surface area contributed by atoms with Crippen molar-refractivity contribution in [2.24, 2.45) is 0 Å². The van der Waals surface area contributed by atoms with Gasteiger partial charge in [-0.1, -0.05) is 18.2 Å². The summed E-state index contributed by atoms with van der Waals surface area (Å²) in [5.74, 6) is -4.57. The van der Waals surface area contributed by atoms with Crippen LogP contribution in [0.1, 0.15) is 40.1 Å². The predicted molar refractivity (Wildman–Crippen MR) is 95.2 cm³/mol. The minimum Gasteiger partial charge on any atom is -0.345 e. The highest BCUT2D eigenvalue weighted by Crippen LogP contribution is 2.23. The number of carbonyl (C=O) groups excluding carboxylic acids is 1. The maximum absolute atomic E-state index is 13.8. The average molecular weight is 373 g/mol. The summed E-state index contributed by atoms with van der Waals surface area (Å²) in [6, 6.07) is 8.12. The molecular formula is C20H18F3N3O. The Balaban J connectivity index is 1.85. The monoisotopic (exact) mass is 373 g/mol. The van der Waals surface area contributed by atoms with Gasteiger partial charge in [0.05, 0.1) is 23.5 Å². The van der Waals surface area contributed by atoms with Gasteiger partial charge in [0.15, 0.2) is 11.6 Å². The van der Waals surface area contributed by atoms with Crippen molar-refractivity contribution in [3.8, 4) is 5.69 Å². The molecule has 0 fully saturated rings. The number of benzene rings is 2. The molecule has 0 unspecified atom stereocenters. The van der Waals surface area contributed by atoms with Crippen molar-refractivity contribution in [3.05, 3.63) is 82.4 Å². The van der Waals surface area contributed by atoms with Gasteiger partial charge in [-0.2, -0.15) is 5.10 Å². The largest absolute Gasteiger partial charge is 0.345 e. The summed E-state index contributed by atoms with van der Waals surface area (Å²) < 4.78 is 41.9. The lowest BCUT2D eigenvalue weighted by atomic mass is 10.1. The van der Waals surface area contributed by atoms with Gasteiger partial charge in [0, 0.05) is 17.3 Å². The highest BCUT2D eigenvalue weighted by Gasteiger charge is 2.21. The van der Waals surface area contributed by atoms with Crippen LogP contribution in [0.3, 0.4) is 0 Å². The Bertz CT molecular complexity index is 1010. The molecule has 27 heavy (non-hydrogen) atoms. The summed E-state index contributed by atoms with van der Waals surface area (Å²) >= 11 is 0. The maximum atomic E-state index is 13.8. The van der Waals surface area contributed by atoms with E-state index in [9.17, 15) is 18.0 Å². The number of para-hydroxylation sites is 1. The molecule has 4 nitrogen and oxygen atoms in total. The molecule has 1 atom stereocenters. The van der Waals surface area contributed by atoms with Gasteiger partial charge in [-0.15, -0.1) is 0 Å². The summed E-state index contributed by atoms with van der Waals surface area (Å²) in [6.07, 6.45) is 1.62. The van der Waals surface area contributed by atoms with Crippen molar-refractivity contribution in [2.45, 2.75) is 26.8 Å². The first-order valence-corrected chi connectivity index (χ1v) is 8.35. The van der Waals surface area contributed by atoms with E-state index < -0.39 is 35.0 Å². The maximum Gasteiger partial charge on any atom is 0.254 e. The smallest absolute Gasteiger partial charge is 0.254 e. The van der Waals surface area contributed by atoms with Gasteiger partial charge in [-0.3, -0.25) is 4.79 Å². The van der Waals surface area contributed by atoms with E-state index in [0.29, 0.717) is 12.1 Å². The van der Waals surface area contributed by atoms with Crippen molar-refractivity contribution < 1.29 is 18.0 Å². The van der Waals surface area contributed by atoms with E-state index in [1.807, 2.05) is 38.1 Å². The lowest BCUT2D eigenvalue weighted by Crippen LogP contribution is -2.28. The number of halogens is 3. The molecule has 1 heterocycles. The molecule has 0 spiro atoms. The molecule has 1 amide bonds. The molecular weight excluding hydrogens is 355 g/mol. The molecule has 0 bridgehead atoms. The third kappa shape index (κ3) is 3.58. The van der Waals surface area contributed by atoms with Crippen molar-refractivity contribution in [1.29, 1.82) is 0 Å². The summed E-state index contributed by atoms with van der Waals surface area (Å²) in [4.78, 5) is 12.3. The SMILES string of the molecule is Cc1ccccc1-n1ncc([C@@H](C)NC(=O)c2cc(F)c(F)cc2F)c1C. The topological polar surface area (TPSA) is 46.9 Å². The van der Waals surface area contributed by atoms with Crippen LogP contribution in [0.15, 0.2) is 42.6 Å². The van der Waals surface area contributed by atoms with E-state index in [-0.39, 0.29) is 0 Å². The molecule has 0 saturated heterocycles. The predicted octanol–water partition coefficient (Wildman–Crippen LogP) is 4.40. The summed E-state index contributed by atoms with van der Waals surface area (Å²) in [5.41, 5.74) is 2.93. The van der Waals surface area contributed by atoms with Crippen LogP contribution in [0.5, 0.6) is 0 Å². The second-order valence-electron chi connectivity index (χ2n) is 6.32. The van der Waals surface area contributed by atoms with Gasteiger partial charge >= 0.3 is 0 Å². The standard InChI is InChI=1S/C20H18F3N3O/c1-11-6-4-5-7-19(11)26-13(3)15(10-24-26)12(2)25-20(27)14-8-17(22)18(23)9-16(14)21/h4-10,12H,1-3H3,(H,25,27)/t12-/m1/s1. The van der Waals surface area contributed by atoms with E-state index in [4.69, 9.17) is 0 Å². The fourth-order valence-electron chi connectivity index (χ4n) is 2.94. The third-order valence-corrected chi connectivity index (χ3v) is 4.46. The lowest BCUT2D eigenvalue weighted by Gasteiger charge is -2.15. The number of aryl methyl sites for hydroxylation is 1. The van der Waals surface area contributed by atoms with Crippen LogP contribution in [-0.2, 0) is 0 Å². The van der Waals surface area contributed by atoms with E-state index in [1.165, 1.54) is 0 Å². The van der Waals surface area contributed by atoms with Gasteiger partial charge in [0.1, 0.15) is 5.82 Å². The second-order valence-corrected chi connectivity index (χ2v) is 6.32. The van der Waals surface area contributed by atoms with Crippen molar-refractivity contribution >= 4 is 5.91 Å². The number of amides is 1. The van der Waals surface area contributed by atoms with Crippen LogP contribution in [0, 0.1) is 31.3 Å². The number of hydrogen-bond acceptors (Lipinski definition) is 2. The van der Waals surface area contributed by atoms with Crippen molar-refractivity contribution in [3.63, 3.8) is 0 Å². The number of nitrogens with one attached hydrogen (secondary N) is 1. The number of rotatable bonds is 4. The summed E-state index contributed by atoms with van der Waals surface area (Å²) in [5, 5.41) is 6.97. The minimum absolute atomic E-state index is 0.358. The van der Waals surface area contributed by atoms with Gasteiger partial charge in [0.25, 0.3) is 5.91 Å². The highest BCUT2D eigenvalue weighted by molar-refractivity contribution is 5.94. The van der Waals surface area contributed by atoms with Crippen LogP contribution < -0.4 is 5.32 Å². The molecule has 7 heteroatoms. The molecule has 0 aliphatic rings. The zero-order valence-electron chi connectivity index (χ0n) is 15.1. The van der Waals surface area contributed by atoms with Crippen LogP contribution in [0.2, 0.25) is 0 Å². The molecule has 1 aromatic heterocycles. The fraction of sp³-hybridized carbons (Fsp3) is 0.200. The molecule has 0 radical (unpaired) electrons. The number of nitrogens with zero attached hydrogens (tertiary/aromatic N) is 2. The molecule has 0 aliphatic heterocycles. The van der Waals surface area contributed by atoms with Gasteiger partial charge < -0.3 is 5.32 Å². The Kier molecular flexibility index (Phi) is 5.03. The Morgan fingerprint density at radius 3 is 2.44 bits per heavy atom. The zero-order chi connectivity index (χ0) is 19.7. The van der Waals surface area contributed by atoms with Crippen molar-refractivity contribution in [2.75, 3.05) is 0 Å². The zero-order valence-corrected chi connectivity index (χ0v) is 15.1. The first-order chi connectivity index (χ1) is 12.8. The molecule has 1 N–H and O–H groups in total. The fourth-order valence-corrected chi connectivity index (χ4v) is 2.94. The van der Waals surface area contributed by atoms with E-state index in [1.54, 1.807) is 17.8 Å². The van der Waals surface area contributed by atoms with E-state index >= 15 is 0 Å². The summed E-state index contributed by atoms with van der Waals surface area (Å²) in [6.45, 7) is 5.53. The Hall–Kier alpha value is -3.09. The Labute approximate surface area is 154 Å². The molecule has 0 aliphatic carbocycles. The third-order valence-electron chi connectivity index (χ3n) is 4.46. The summed E-state index contributed by atoms with van der Waals surface area (Å²) in [7, 11) is 0. The first kappa shape index (κ1) is 18.7. The highest BCUT2D eigenvalue weighted by atomic mass is 19.2. The molecule has 3 rings (SSSR count). The molecule has 3 aromatic rings. The van der Waals surface area contributed by atoms with Crippen molar-refractivity contribution in [1.82, 2.24) is 15.1 Å². The second kappa shape index (κ2) is 7.26. The van der Waals surface area contributed by atoms with Gasteiger partial charge in [-0.25, -0.2) is 17.9 Å². The van der Waals surface area contributed by atoms with E-state index in [2.05, 4.69) is 10.4 Å². The minimum atomic E-state index is -1.34. The van der Waals surface area contributed by atoms with Crippen LogP contribution in [-0.4, -0.2) is 15.7 Å². The quantitative estimate of drug-likeness (QED) is 0.689. The number of hydrogen-bond donors (Lipinski definition) is 1. The molecule has 0 saturated carbocycles. The van der Waals surface area contributed by atoms with Gasteiger partial charge in [-0.05, 0) is 38.5 Å². The molecule has 140 valence electrons. The van der Waals surface area contributed by atoms with Crippen LogP contribution >= 0.6 is 0 Å². The average Bonchev–Trinajstić information content (AvgIpc) is 3.00. The molecule has 2 aromatic carbocycles.